The van der Waals surface area contributed by atoms with Crippen LogP contribution in [0.15, 0.2) is 78.3 Å². The van der Waals surface area contributed by atoms with Crippen molar-refractivity contribution in [1.29, 1.82) is 0 Å². The van der Waals surface area contributed by atoms with E-state index >= 15 is 0 Å². The number of H-pyrrole nitrogens is 1. The van der Waals surface area contributed by atoms with Gasteiger partial charge in [0.05, 0.1) is 25.0 Å². The second kappa shape index (κ2) is 12.6. The summed E-state index contributed by atoms with van der Waals surface area (Å²) in [6.07, 6.45) is 6.26. The van der Waals surface area contributed by atoms with Crippen LogP contribution in [-0.4, -0.2) is 52.1 Å². The lowest BCUT2D eigenvalue weighted by Gasteiger charge is -2.27. The van der Waals surface area contributed by atoms with Crippen LogP contribution in [0.5, 0.6) is 5.75 Å². The average Bonchev–Trinajstić information content (AvgIpc) is 3.28. The SMILES string of the molecule is CC=CC(=CC=C=C1c2[nH]c3ccc(Cl)cc3c2CCN1C(=O)Oc1ccc(F)cc1)OCCC(O)CO. The van der Waals surface area contributed by atoms with Gasteiger partial charge in [0.2, 0.25) is 0 Å². The maximum Gasteiger partial charge on any atom is 0.420 e. The standard InChI is InChI=1S/C29H28ClFN2O5/c1-2-4-22(37-16-14-21(35)18-34)5-3-6-27-28-24(25-17-19(30)7-12-26(25)32-28)13-15-33(27)29(36)38-23-10-8-20(31)9-11-23/h2-5,7-12,17,21,32,34-35H,13-16,18H2,1H3. The number of aromatic amines is 1. The van der Waals surface area contributed by atoms with Crippen molar-refractivity contribution in [3.05, 3.63) is 100 Å². The number of carbonyl (C=O) groups is 1. The molecule has 1 amide bonds. The van der Waals surface area contributed by atoms with E-state index in [-0.39, 0.29) is 25.4 Å². The van der Waals surface area contributed by atoms with Crippen LogP contribution >= 0.6 is 11.6 Å². The first-order chi connectivity index (χ1) is 18.4. The first-order valence-corrected chi connectivity index (χ1v) is 12.5. The first kappa shape index (κ1) is 27.2. The number of benzene rings is 2. The van der Waals surface area contributed by atoms with Crippen LogP contribution in [0.2, 0.25) is 5.02 Å². The third kappa shape index (κ3) is 6.54. The average molecular weight is 539 g/mol. The molecule has 38 heavy (non-hydrogen) atoms. The highest BCUT2D eigenvalue weighted by Crippen LogP contribution is 2.35. The number of nitrogens with zero attached hydrogens (tertiary/aromatic N) is 1. The largest absolute Gasteiger partial charge is 0.493 e. The predicted molar refractivity (Wildman–Crippen MR) is 144 cm³/mol. The summed E-state index contributed by atoms with van der Waals surface area (Å²) in [6.45, 7) is 2.06. The molecule has 0 bridgehead atoms. The Kier molecular flexibility index (Phi) is 9.05. The highest BCUT2D eigenvalue weighted by atomic mass is 35.5. The normalized spacial score (nSPS) is 14.4. The van der Waals surface area contributed by atoms with E-state index in [1.165, 1.54) is 29.2 Å². The Morgan fingerprint density at radius 2 is 2.08 bits per heavy atom. The van der Waals surface area contributed by atoms with Gasteiger partial charge in [-0.2, -0.15) is 0 Å². The predicted octanol–water partition coefficient (Wildman–Crippen LogP) is 5.73. The topological polar surface area (TPSA) is 95.0 Å². The molecule has 1 aliphatic heterocycles. The zero-order chi connectivity index (χ0) is 27.1. The van der Waals surface area contributed by atoms with E-state index in [9.17, 15) is 14.3 Å². The molecule has 2 heterocycles. The Morgan fingerprint density at radius 3 is 2.82 bits per heavy atom. The molecule has 2 aromatic carbocycles. The van der Waals surface area contributed by atoms with Crippen molar-refractivity contribution < 1.29 is 28.9 Å². The molecule has 0 saturated carbocycles. The summed E-state index contributed by atoms with van der Waals surface area (Å²) >= 11 is 6.24. The number of hydrogen-bond donors (Lipinski definition) is 3. The molecule has 0 spiro atoms. The van der Waals surface area contributed by atoms with Gasteiger partial charge >= 0.3 is 6.09 Å². The summed E-state index contributed by atoms with van der Waals surface area (Å²) in [4.78, 5) is 18.0. The minimum Gasteiger partial charge on any atom is -0.493 e. The Morgan fingerprint density at radius 1 is 1.29 bits per heavy atom. The fourth-order valence-corrected chi connectivity index (χ4v) is 4.24. The van der Waals surface area contributed by atoms with E-state index in [0.717, 1.165) is 16.5 Å². The van der Waals surface area contributed by atoms with Crippen LogP contribution in [0, 0.1) is 5.82 Å². The number of rotatable bonds is 8. The molecule has 9 heteroatoms. The lowest BCUT2D eigenvalue weighted by molar-refractivity contribution is 0.0661. The fraction of sp³-hybridized carbons (Fsp3) is 0.241. The van der Waals surface area contributed by atoms with Crippen molar-refractivity contribution in [2.45, 2.75) is 25.9 Å². The van der Waals surface area contributed by atoms with Crippen molar-refractivity contribution in [3.63, 3.8) is 0 Å². The van der Waals surface area contributed by atoms with Crippen LogP contribution < -0.4 is 4.74 Å². The van der Waals surface area contributed by atoms with Gasteiger partial charge in [0.25, 0.3) is 0 Å². The lowest BCUT2D eigenvalue weighted by Crippen LogP contribution is -2.36. The van der Waals surface area contributed by atoms with E-state index in [1.54, 1.807) is 24.3 Å². The number of halogens is 2. The van der Waals surface area contributed by atoms with Gasteiger partial charge in [-0.3, -0.25) is 4.90 Å². The molecule has 1 aromatic heterocycles. The molecular formula is C29H28ClFN2O5. The summed E-state index contributed by atoms with van der Waals surface area (Å²) in [6, 6.07) is 10.8. The van der Waals surface area contributed by atoms with Crippen LogP contribution in [0.25, 0.3) is 16.6 Å². The number of ether oxygens (including phenoxy) is 2. The maximum absolute atomic E-state index is 13.3. The van der Waals surface area contributed by atoms with Gasteiger partial charge in [0.15, 0.2) is 0 Å². The van der Waals surface area contributed by atoms with Gasteiger partial charge < -0.3 is 24.7 Å². The van der Waals surface area contributed by atoms with Crippen molar-refractivity contribution in [2.24, 2.45) is 0 Å². The molecule has 3 N–H and O–H groups in total. The number of amides is 1. The third-order valence-corrected chi connectivity index (χ3v) is 6.16. The van der Waals surface area contributed by atoms with Gasteiger partial charge in [-0.15, -0.1) is 0 Å². The number of fused-ring (bicyclic) bond motifs is 3. The van der Waals surface area contributed by atoms with E-state index in [1.807, 2.05) is 25.1 Å². The molecule has 3 aromatic rings. The van der Waals surface area contributed by atoms with E-state index < -0.39 is 18.0 Å². The maximum atomic E-state index is 13.3. The summed E-state index contributed by atoms with van der Waals surface area (Å²) in [5, 5.41) is 20.1. The number of nitrogens with one attached hydrogen (secondary N) is 1. The molecule has 1 aliphatic rings. The monoisotopic (exact) mass is 538 g/mol. The van der Waals surface area contributed by atoms with Gasteiger partial charge in [0.1, 0.15) is 23.0 Å². The number of aliphatic hydroxyl groups excluding tert-OH is 2. The van der Waals surface area contributed by atoms with E-state index in [4.69, 9.17) is 26.2 Å². The molecule has 0 saturated heterocycles. The highest BCUT2D eigenvalue weighted by molar-refractivity contribution is 6.31. The summed E-state index contributed by atoms with van der Waals surface area (Å²) in [7, 11) is 0. The van der Waals surface area contributed by atoms with Crippen LogP contribution in [0.4, 0.5) is 9.18 Å². The van der Waals surface area contributed by atoms with Crippen molar-refractivity contribution >= 4 is 34.3 Å². The Hall–Kier alpha value is -3.81. The number of carbonyl (C=O) groups excluding carboxylic acids is 1. The van der Waals surface area contributed by atoms with Crippen molar-refractivity contribution in [2.75, 3.05) is 19.8 Å². The molecule has 1 atom stereocenters. The van der Waals surface area contributed by atoms with Crippen molar-refractivity contribution in [1.82, 2.24) is 9.88 Å². The lowest BCUT2D eigenvalue weighted by atomic mass is 10.0. The van der Waals surface area contributed by atoms with Crippen molar-refractivity contribution in [3.8, 4) is 5.75 Å². The fourth-order valence-electron chi connectivity index (χ4n) is 4.07. The molecular weight excluding hydrogens is 511 g/mol. The van der Waals surface area contributed by atoms with Gasteiger partial charge in [0, 0.05) is 28.9 Å². The zero-order valence-corrected chi connectivity index (χ0v) is 21.5. The quantitative estimate of drug-likeness (QED) is 0.193. The van der Waals surface area contributed by atoms with Crippen LogP contribution in [0.1, 0.15) is 24.6 Å². The molecule has 1 unspecified atom stereocenters. The highest BCUT2D eigenvalue weighted by Gasteiger charge is 2.30. The number of aromatic nitrogens is 1. The zero-order valence-electron chi connectivity index (χ0n) is 20.8. The minimum atomic E-state index is -0.851. The Bertz CT molecular complexity index is 1420. The smallest absolute Gasteiger partial charge is 0.420 e. The summed E-state index contributed by atoms with van der Waals surface area (Å²) in [5.41, 5.74) is 6.27. The summed E-state index contributed by atoms with van der Waals surface area (Å²) in [5.74, 6) is 0.317. The molecule has 7 nitrogen and oxygen atoms in total. The molecule has 0 aliphatic carbocycles. The second-order valence-electron chi connectivity index (χ2n) is 8.59. The molecule has 0 fully saturated rings. The van der Waals surface area contributed by atoms with Crippen LogP contribution in [0.3, 0.4) is 0 Å². The van der Waals surface area contributed by atoms with E-state index in [2.05, 4.69) is 10.7 Å². The summed E-state index contributed by atoms with van der Waals surface area (Å²) < 4.78 is 24.5. The number of aliphatic hydroxyl groups is 2. The molecule has 4 rings (SSSR count). The minimum absolute atomic E-state index is 0.214. The Labute approximate surface area is 224 Å². The first-order valence-electron chi connectivity index (χ1n) is 12.2. The van der Waals surface area contributed by atoms with Gasteiger partial charge in [-0.05, 0) is 79.6 Å². The second-order valence-corrected chi connectivity index (χ2v) is 9.03. The van der Waals surface area contributed by atoms with Crippen LogP contribution in [-0.2, 0) is 11.2 Å². The molecule has 0 radical (unpaired) electrons. The van der Waals surface area contributed by atoms with Gasteiger partial charge in [-0.1, -0.05) is 23.4 Å². The molecule has 198 valence electrons. The Balaban J connectivity index is 1.70. The van der Waals surface area contributed by atoms with Gasteiger partial charge in [-0.25, -0.2) is 9.18 Å². The number of allylic oxidation sites excluding steroid dienone is 4. The number of hydrogen-bond acceptors (Lipinski definition) is 5. The van der Waals surface area contributed by atoms with E-state index in [0.29, 0.717) is 35.1 Å². The third-order valence-electron chi connectivity index (χ3n) is 5.93.